The van der Waals surface area contributed by atoms with Crippen molar-refractivity contribution in [3.05, 3.63) is 42.6 Å². The highest BCUT2D eigenvalue weighted by Gasteiger charge is 2.05. The van der Waals surface area contributed by atoms with E-state index in [1.165, 1.54) is 70.6 Å². The average Bonchev–Trinajstić information content (AvgIpc) is 2.83. The third kappa shape index (κ3) is 11.0. The number of pyridine rings is 1. The Kier molecular flexibility index (Phi) is 13.6. The van der Waals surface area contributed by atoms with Gasteiger partial charge in [0.2, 0.25) is 0 Å². The van der Waals surface area contributed by atoms with E-state index in [1.54, 1.807) is 0 Å². The molecule has 0 aliphatic rings. The molecule has 2 aromatic rings. The molecule has 3 heteroatoms. The summed E-state index contributed by atoms with van der Waals surface area (Å²) >= 11 is 0. The first-order valence-corrected chi connectivity index (χ1v) is 13.0. The number of unbranched alkanes of at least 4 members (excludes halogenated alkanes) is 9. The van der Waals surface area contributed by atoms with E-state index in [2.05, 4.69) is 37.9 Å². The molecule has 0 saturated carbocycles. The van der Waals surface area contributed by atoms with Crippen LogP contribution in [-0.2, 0) is 0 Å². The molecule has 0 bridgehead atoms. The Morgan fingerprint density at radius 1 is 0.688 bits per heavy atom. The standard InChI is InChI=1S/C29H45NO2/c1-4-6-8-10-11-12-14-22-31-28-20-21-29(30-23-28)26-16-18-27(19-17-26)32-24-25(3)15-13-9-7-5-2/h16-21,23,25H,4-15,22,24H2,1-3H3. The molecule has 0 spiro atoms. The second-order valence-corrected chi connectivity index (χ2v) is 9.14. The topological polar surface area (TPSA) is 31.4 Å². The molecule has 0 fully saturated rings. The maximum atomic E-state index is 5.99. The maximum Gasteiger partial charge on any atom is 0.137 e. The first-order chi connectivity index (χ1) is 15.7. The number of ether oxygens (including phenoxy) is 2. The van der Waals surface area contributed by atoms with Gasteiger partial charge in [-0.3, -0.25) is 4.98 Å². The Morgan fingerprint density at radius 3 is 1.97 bits per heavy atom. The lowest BCUT2D eigenvalue weighted by molar-refractivity contribution is 0.249. The molecular formula is C29H45NO2. The van der Waals surface area contributed by atoms with Gasteiger partial charge in [-0.05, 0) is 55.2 Å². The number of hydrogen-bond acceptors (Lipinski definition) is 3. The van der Waals surface area contributed by atoms with Crippen molar-refractivity contribution in [3.8, 4) is 22.8 Å². The number of aromatic nitrogens is 1. The molecule has 0 aliphatic heterocycles. The van der Waals surface area contributed by atoms with Crippen molar-refractivity contribution in [2.24, 2.45) is 5.92 Å². The average molecular weight is 440 g/mol. The first-order valence-electron chi connectivity index (χ1n) is 13.0. The molecule has 1 heterocycles. The molecule has 3 nitrogen and oxygen atoms in total. The van der Waals surface area contributed by atoms with E-state index in [4.69, 9.17) is 9.47 Å². The van der Waals surface area contributed by atoms with Crippen LogP contribution in [0.4, 0.5) is 0 Å². The molecule has 0 saturated heterocycles. The molecular weight excluding hydrogens is 394 g/mol. The van der Waals surface area contributed by atoms with Gasteiger partial charge in [0, 0.05) is 5.56 Å². The summed E-state index contributed by atoms with van der Waals surface area (Å²) in [4.78, 5) is 4.58. The molecule has 0 N–H and O–H groups in total. The molecule has 0 aliphatic carbocycles. The van der Waals surface area contributed by atoms with Crippen LogP contribution < -0.4 is 9.47 Å². The van der Waals surface area contributed by atoms with E-state index in [-0.39, 0.29) is 0 Å². The first kappa shape index (κ1) is 26.2. The second kappa shape index (κ2) is 16.6. The Morgan fingerprint density at radius 2 is 1.31 bits per heavy atom. The van der Waals surface area contributed by atoms with E-state index in [0.717, 1.165) is 42.4 Å². The fourth-order valence-corrected chi connectivity index (χ4v) is 3.85. The van der Waals surface area contributed by atoms with E-state index >= 15 is 0 Å². The quantitative estimate of drug-likeness (QED) is 0.217. The summed E-state index contributed by atoms with van der Waals surface area (Å²) < 4.78 is 11.8. The second-order valence-electron chi connectivity index (χ2n) is 9.14. The highest BCUT2D eigenvalue weighted by molar-refractivity contribution is 5.60. The molecule has 0 amide bonds. The molecule has 32 heavy (non-hydrogen) atoms. The van der Waals surface area contributed by atoms with E-state index in [1.807, 2.05) is 30.5 Å². The highest BCUT2D eigenvalue weighted by atomic mass is 16.5. The van der Waals surface area contributed by atoms with Crippen molar-refractivity contribution in [2.75, 3.05) is 13.2 Å². The summed E-state index contributed by atoms with van der Waals surface area (Å²) in [7, 11) is 0. The summed E-state index contributed by atoms with van der Waals surface area (Å²) in [5.74, 6) is 2.39. The molecule has 1 aromatic heterocycles. The van der Waals surface area contributed by atoms with Gasteiger partial charge in [0.25, 0.3) is 0 Å². The summed E-state index contributed by atoms with van der Waals surface area (Å²) in [5, 5.41) is 0. The van der Waals surface area contributed by atoms with Crippen LogP contribution in [0.15, 0.2) is 42.6 Å². The van der Waals surface area contributed by atoms with Gasteiger partial charge in [0.05, 0.1) is 25.1 Å². The lowest BCUT2D eigenvalue weighted by Crippen LogP contribution is -2.08. The fourth-order valence-electron chi connectivity index (χ4n) is 3.85. The molecule has 1 unspecified atom stereocenters. The Balaban J connectivity index is 1.67. The lowest BCUT2D eigenvalue weighted by atomic mass is 10.0. The Hall–Kier alpha value is -2.03. The van der Waals surface area contributed by atoms with E-state index in [0.29, 0.717) is 5.92 Å². The third-order valence-electron chi connectivity index (χ3n) is 5.99. The minimum atomic E-state index is 0.599. The van der Waals surface area contributed by atoms with E-state index in [9.17, 15) is 0 Å². The zero-order chi connectivity index (χ0) is 22.9. The third-order valence-corrected chi connectivity index (χ3v) is 5.99. The summed E-state index contributed by atoms with van der Waals surface area (Å²) in [6.45, 7) is 8.36. The van der Waals surface area contributed by atoms with Crippen LogP contribution >= 0.6 is 0 Å². The fraction of sp³-hybridized carbons (Fsp3) is 0.621. The molecule has 1 aromatic carbocycles. The van der Waals surface area contributed by atoms with Crippen LogP contribution in [0, 0.1) is 5.92 Å². The van der Waals surface area contributed by atoms with Gasteiger partial charge >= 0.3 is 0 Å². The Bertz CT molecular complexity index is 696. The van der Waals surface area contributed by atoms with Crippen molar-refractivity contribution >= 4 is 0 Å². The van der Waals surface area contributed by atoms with Gasteiger partial charge in [0.15, 0.2) is 0 Å². The lowest BCUT2D eigenvalue weighted by Gasteiger charge is -2.13. The van der Waals surface area contributed by atoms with Gasteiger partial charge in [-0.25, -0.2) is 0 Å². The molecule has 0 radical (unpaired) electrons. The minimum absolute atomic E-state index is 0.599. The largest absolute Gasteiger partial charge is 0.493 e. The van der Waals surface area contributed by atoms with Gasteiger partial charge in [-0.2, -0.15) is 0 Å². The SMILES string of the molecule is CCCCCCCCCOc1ccc(-c2ccc(OCC(C)CCCCCC)cc2)nc1. The predicted molar refractivity (Wildman–Crippen MR) is 137 cm³/mol. The van der Waals surface area contributed by atoms with Crippen molar-refractivity contribution in [1.82, 2.24) is 4.98 Å². The van der Waals surface area contributed by atoms with Gasteiger partial charge in [-0.1, -0.05) is 85.0 Å². The zero-order valence-corrected chi connectivity index (χ0v) is 20.8. The summed E-state index contributed by atoms with van der Waals surface area (Å²) in [6.07, 6.45) is 17.4. The number of benzene rings is 1. The zero-order valence-electron chi connectivity index (χ0n) is 20.8. The molecule has 2 rings (SSSR count). The van der Waals surface area contributed by atoms with Crippen LogP contribution in [0.5, 0.6) is 11.5 Å². The maximum absolute atomic E-state index is 5.99. The smallest absolute Gasteiger partial charge is 0.137 e. The molecule has 1 atom stereocenters. The normalized spacial score (nSPS) is 12.0. The highest BCUT2D eigenvalue weighted by Crippen LogP contribution is 2.23. The van der Waals surface area contributed by atoms with Crippen LogP contribution in [0.3, 0.4) is 0 Å². The van der Waals surface area contributed by atoms with Crippen molar-refractivity contribution in [1.29, 1.82) is 0 Å². The molecule has 178 valence electrons. The van der Waals surface area contributed by atoms with Crippen molar-refractivity contribution in [2.45, 2.75) is 97.8 Å². The van der Waals surface area contributed by atoms with Gasteiger partial charge in [0.1, 0.15) is 11.5 Å². The van der Waals surface area contributed by atoms with Crippen LogP contribution in [-0.4, -0.2) is 18.2 Å². The van der Waals surface area contributed by atoms with Gasteiger partial charge < -0.3 is 9.47 Å². The van der Waals surface area contributed by atoms with Gasteiger partial charge in [-0.15, -0.1) is 0 Å². The minimum Gasteiger partial charge on any atom is -0.493 e. The van der Waals surface area contributed by atoms with E-state index < -0.39 is 0 Å². The van der Waals surface area contributed by atoms with Crippen molar-refractivity contribution in [3.63, 3.8) is 0 Å². The van der Waals surface area contributed by atoms with Crippen molar-refractivity contribution < 1.29 is 9.47 Å². The monoisotopic (exact) mass is 439 g/mol. The van der Waals surface area contributed by atoms with Crippen LogP contribution in [0.1, 0.15) is 97.8 Å². The summed E-state index contributed by atoms with van der Waals surface area (Å²) in [5.41, 5.74) is 2.06. The van der Waals surface area contributed by atoms with Crippen LogP contribution in [0.2, 0.25) is 0 Å². The van der Waals surface area contributed by atoms with Crippen LogP contribution in [0.25, 0.3) is 11.3 Å². The Labute approximate surface area is 197 Å². The number of hydrogen-bond donors (Lipinski definition) is 0. The predicted octanol–water partition coefficient (Wildman–Crippen LogP) is 8.86. The number of rotatable bonds is 18. The summed E-state index contributed by atoms with van der Waals surface area (Å²) in [6, 6.07) is 12.3. The number of nitrogens with zero attached hydrogens (tertiary/aromatic N) is 1.